The molecule has 3 rings (SSSR count). The molecule has 0 fully saturated rings. The molecule has 0 radical (unpaired) electrons. The van der Waals surface area contributed by atoms with E-state index in [1.807, 2.05) is 66.7 Å². The maximum absolute atomic E-state index is 12.7. The Morgan fingerprint density at radius 2 is 1.68 bits per heavy atom. The van der Waals surface area contributed by atoms with E-state index in [2.05, 4.69) is 28.1 Å². The molecule has 0 aliphatic rings. The van der Waals surface area contributed by atoms with Crippen LogP contribution in [0.3, 0.4) is 0 Å². The molecule has 2 N–H and O–H groups in total. The van der Waals surface area contributed by atoms with Crippen LogP contribution in [0.5, 0.6) is 0 Å². The Labute approximate surface area is 160 Å². The lowest BCUT2D eigenvalue weighted by Crippen LogP contribution is -2.06. The van der Waals surface area contributed by atoms with Gasteiger partial charge in [-0.05, 0) is 29.8 Å². The number of hydrogen-bond donors (Lipinski definition) is 1. The predicted octanol–water partition coefficient (Wildman–Crippen LogP) is 6.14. The highest BCUT2D eigenvalue weighted by Gasteiger charge is 2.19. The van der Waals surface area contributed by atoms with Crippen molar-refractivity contribution >= 4 is 39.2 Å². The van der Waals surface area contributed by atoms with E-state index in [0.29, 0.717) is 6.42 Å². The molecule has 0 heterocycles. The average molecular weight is 412 g/mol. The molecule has 0 saturated heterocycles. The van der Waals surface area contributed by atoms with E-state index in [4.69, 9.17) is 5.73 Å². The summed E-state index contributed by atoms with van der Waals surface area (Å²) in [6, 6.07) is 25.3. The summed E-state index contributed by atoms with van der Waals surface area (Å²) in [7, 11) is 0. The standard InChI is InChI=1S/C21H18BrNOS/c22-17-10-6-9-16(13-17)21(25-20-12-5-4-11-18(20)23)14-19(24)15-7-2-1-3-8-15/h1-13,21H,14,23H2. The van der Waals surface area contributed by atoms with Crippen molar-refractivity contribution in [2.75, 3.05) is 5.73 Å². The molecular weight excluding hydrogens is 394 g/mol. The first kappa shape index (κ1) is 17.8. The van der Waals surface area contributed by atoms with Gasteiger partial charge < -0.3 is 5.73 Å². The number of anilines is 1. The summed E-state index contributed by atoms with van der Waals surface area (Å²) >= 11 is 5.16. The van der Waals surface area contributed by atoms with Gasteiger partial charge in [-0.15, -0.1) is 11.8 Å². The Bertz CT molecular complexity index is 867. The first-order chi connectivity index (χ1) is 12.1. The number of hydrogen-bond acceptors (Lipinski definition) is 3. The van der Waals surface area contributed by atoms with E-state index in [0.717, 1.165) is 26.2 Å². The molecule has 3 aromatic rings. The summed E-state index contributed by atoms with van der Waals surface area (Å²) in [4.78, 5) is 13.7. The summed E-state index contributed by atoms with van der Waals surface area (Å²) in [5.74, 6) is 0.132. The van der Waals surface area contributed by atoms with Crippen molar-refractivity contribution in [2.45, 2.75) is 16.6 Å². The van der Waals surface area contributed by atoms with E-state index in [1.165, 1.54) is 0 Å². The lowest BCUT2D eigenvalue weighted by Gasteiger charge is -2.18. The molecule has 0 aliphatic carbocycles. The Kier molecular flexibility index (Phi) is 5.95. The lowest BCUT2D eigenvalue weighted by atomic mass is 10.0. The summed E-state index contributed by atoms with van der Waals surface area (Å²) in [6.45, 7) is 0. The fraction of sp³-hybridized carbons (Fsp3) is 0.0952. The van der Waals surface area contributed by atoms with Crippen molar-refractivity contribution in [3.05, 3.63) is 94.5 Å². The van der Waals surface area contributed by atoms with Gasteiger partial charge in [-0.2, -0.15) is 0 Å². The van der Waals surface area contributed by atoms with Crippen LogP contribution >= 0.6 is 27.7 Å². The van der Waals surface area contributed by atoms with Crippen LogP contribution in [0.25, 0.3) is 0 Å². The summed E-state index contributed by atoms with van der Waals surface area (Å²) in [5, 5.41) is -0.00472. The molecule has 1 atom stereocenters. The first-order valence-electron chi connectivity index (χ1n) is 7.98. The summed E-state index contributed by atoms with van der Waals surface area (Å²) < 4.78 is 1.00. The SMILES string of the molecule is Nc1ccccc1SC(CC(=O)c1ccccc1)c1cccc(Br)c1. The topological polar surface area (TPSA) is 43.1 Å². The van der Waals surface area contributed by atoms with E-state index in [9.17, 15) is 4.79 Å². The molecule has 0 bridgehead atoms. The van der Waals surface area contributed by atoms with Crippen molar-refractivity contribution in [1.29, 1.82) is 0 Å². The number of para-hydroxylation sites is 1. The predicted molar refractivity (Wildman–Crippen MR) is 109 cm³/mol. The monoisotopic (exact) mass is 411 g/mol. The number of rotatable bonds is 6. The minimum atomic E-state index is -0.00472. The van der Waals surface area contributed by atoms with Gasteiger partial charge in [-0.25, -0.2) is 0 Å². The Balaban J connectivity index is 1.89. The van der Waals surface area contributed by atoms with E-state index in [1.54, 1.807) is 11.8 Å². The Morgan fingerprint density at radius 3 is 2.40 bits per heavy atom. The second-order valence-electron chi connectivity index (χ2n) is 5.69. The zero-order valence-corrected chi connectivity index (χ0v) is 16.0. The van der Waals surface area contributed by atoms with Crippen LogP contribution in [0.2, 0.25) is 0 Å². The van der Waals surface area contributed by atoms with Crippen molar-refractivity contribution in [3.8, 4) is 0 Å². The number of nitrogens with two attached hydrogens (primary N) is 1. The number of carbonyl (C=O) groups is 1. The van der Waals surface area contributed by atoms with Crippen LogP contribution in [-0.4, -0.2) is 5.78 Å². The van der Waals surface area contributed by atoms with Crippen LogP contribution in [0.1, 0.15) is 27.6 Å². The molecule has 0 aromatic heterocycles. The Morgan fingerprint density at radius 1 is 0.960 bits per heavy atom. The summed E-state index contributed by atoms with van der Waals surface area (Å²) in [5.41, 5.74) is 8.68. The minimum absolute atomic E-state index is 0.00472. The van der Waals surface area contributed by atoms with Crippen LogP contribution in [0.4, 0.5) is 5.69 Å². The molecule has 1 unspecified atom stereocenters. The van der Waals surface area contributed by atoms with Gasteiger partial charge in [0.15, 0.2) is 5.78 Å². The van der Waals surface area contributed by atoms with Crippen molar-refractivity contribution in [3.63, 3.8) is 0 Å². The first-order valence-corrected chi connectivity index (χ1v) is 9.65. The van der Waals surface area contributed by atoms with Crippen molar-refractivity contribution in [2.24, 2.45) is 0 Å². The zero-order valence-electron chi connectivity index (χ0n) is 13.6. The number of nitrogen functional groups attached to an aromatic ring is 1. The van der Waals surface area contributed by atoms with Crippen molar-refractivity contribution < 1.29 is 4.79 Å². The Hall–Kier alpha value is -2.04. The molecule has 2 nitrogen and oxygen atoms in total. The fourth-order valence-corrected chi connectivity index (χ4v) is 4.19. The molecular formula is C21H18BrNOS. The molecule has 0 saturated carbocycles. The number of Topliss-reactive ketones (excluding diaryl/α,β-unsaturated/α-hetero) is 1. The molecule has 0 spiro atoms. The van der Waals surface area contributed by atoms with Crippen LogP contribution < -0.4 is 5.73 Å². The molecule has 25 heavy (non-hydrogen) atoms. The largest absolute Gasteiger partial charge is 0.398 e. The quantitative estimate of drug-likeness (QED) is 0.301. The van der Waals surface area contributed by atoms with Gasteiger partial charge in [-0.3, -0.25) is 4.79 Å². The molecule has 126 valence electrons. The van der Waals surface area contributed by atoms with Gasteiger partial charge >= 0.3 is 0 Å². The third kappa shape index (κ3) is 4.74. The van der Waals surface area contributed by atoms with E-state index >= 15 is 0 Å². The van der Waals surface area contributed by atoms with Gasteiger partial charge in [-0.1, -0.05) is 70.5 Å². The normalized spacial score (nSPS) is 11.9. The third-order valence-electron chi connectivity index (χ3n) is 3.88. The zero-order chi connectivity index (χ0) is 17.6. The highest BCUT2D eigenvalue weighted by Crippen LogP contribution is 2.41. The smallest absolute Gasteiger partial charge is 0.164 e. The lowest BCUT2D eigenvalue weighted by molar-refractivity contribution is 0.0982. The summed E-state index contributed by atoms with van der Waals surface area (Å²) in [6.07, 6.45) is 0.416. The molecule has 0 amide bonds. The van der Waals surface area contributed by atoms with Crippen LogP contribution in [-0.2, 0) is 0 Å². The van der Waals surface area contributed by atoms with Gasteiger partial charge in [0.05, 0.1) is 0 Å². The van der Waals surface area contributed by atoms with Gasteiger partial charge in [0.1, 0.15) is 0 Å². The number of ketones is 1. The molecule has 3 aromatic carbocycles. The maximum Gasteiger partial charge on any atom is 0.164 e. The fourth-order valence-electron chi connectivity index (χ4n) is 2.59. The van der Waals surface area contributed by atoms with E-state index < -0.39 is 0 Å². The average Bonchev–Trinajstić information content (AvgIpc) is 2.63. The number of carbonyl (C=O) groups excluding carboxylic acids is 1. The van der Waals surface area contributed by atoms with Gasteiger partial charge in [0.2, 0.25) is 0 Å². The second-order valence-corrected chi connectivity index (χ2v) is 7.85. The number of thioether (sulfide) groups is 1. The van der Waals surface area contributed by atoms with Gasteiger partial charge in [0.25, 0.3) is 0 Å². The third-order valence-corrected chi connectivity index (χ3v) is 5.72. The second kappa shape index (κ2) is 8.37. The van der Waals surface area contributed by atoms with Gasteiger partial charge in [0, 0.05) is 32.3 Å². The molecule has 0 aliphatic heterocycles. The van der Waals surface area contributed by atoms with Crippen molar-refractivity contribution in [1.82, 2.24) is 0 Å². The molecule has 4 heteroatoms. The van der Waals surface area contributed by atoms with E-state index in [-0.39, 0.29) is 11.0 Å². The van der Waals surface area contributed by atoms with Crippen LogP contribution in [0, 0.1) is 0 Å². The highest BCUT2D eigenvalue weighted by atomic mass is 79.9. The highest BCUT2D eigenvalue weighted by molar-refractivity contribution is 9.10. The minimum Gasteiger partial charge on any atom is -0.398 e. The maximum atomic E-state index is 12.7. The van der Waals surface area contributed by atoms with Crippen LogP contribution in [0.15, 0.2) is 88.2 Å². The number of halogens is 1. The number of benzene rings is 3.